The molecule has 3 heterocycles. The van der Waals surface area contributed by atoms with Crippen LogP contribution < -0.4 is 4.90 Å². The predicted octanol–water partition coefficient (Wildman–Crippen LogP) is 14.6. The second-order valence-electron chi connectivity index (χ2n) is 15.0. The maximum Gasteiger partial charge on any atom is 0.0541 e. The van der Waals surface area contributed by atoms with Crippen LogP contribution in [-0.2, 0) is 5.41 Å². The Balaban J connectivity index is 1.07. The summed E-state index contributed by atoms with van der Waals surface area (Å²) >= 11 is 1.87. The van der Waals surface area contributed by atoms with Crippen molar-refractivity contribution in [3.63, 3.8) is 0 Å². The van der Waals surface area contributed by atoms with E-state index in [1.54, 1.807) is 0 Å². The summed E-state index contributed by atoms with van der Waals surface area (Å²) in [6.07, 6.45) is 0. The lowest BCUT2D eigenvalue weighted by atomic mass is 9.73. The molecule has 54 heavy (non-hydrogen) atoms. The summed E-state index contributed by atoms with van der Waals surface area (Å²) in [5.74, 6) is 0. The second kappa shape index (κ2) is 11.8. The van der Waals surface area contributed by atoms with Gasteiger partial charge < -0.3 is 9.47 Å². The average molecular weight is 709 g/mol. The van der Waals surface area contributed by atoms with Gasteiger partial charge >= 0.3 is 0 Å². The molecule has 10 aromatic rings. The van der Waals surface area contributed by atoms with Crippen molar-refractivity contribution in [1.82, 2.24) is 4.57 Å². The molecule has 0 unspecified atom stereocenters. The molecule has 0 radical (unpaired) electrons. The van der Waals surface area contributed by atoms with Crippen molar-refractivity contribution in [2.75, 3.05) is 4.90 Å². The molecule has 0 bridgehead atoms. The van der Waals surface area contributed by atoms with Gasteiger partial charge in [0.2, 0.25) is 0 Å². The van der Waals surface area contributed by atoms with E-state index in [1.807, 2.05) is 11.3 Å². The Morgan fingerprint density at radius 1 is 0.389 bits per heavy atom. The highest BCUT2D eigenvalue weighted by Gasteiger charge is 2.37. The monoisotopic (exact) mass is 708 g/mol. The number of para-hydroxylation sites is 3. The molecule has 3 heteroatoms. The van der Waals surface area contributed by atoms with Crippen LogP contribution in [0.15, 0.2) is 182 Å². The highest BCUT2D eigenvalue weighted by atomic mass is 32.1. The third kappa shape index (κ3) is 4.65. The topological polar surface area (TPSA) is 8.17 Å². The zero-order valence-corrected chi connectivity index (χ0v) is 30.9. The Morgan fingerprint density at radius 2 is 0.981 bits per heavy atom. The quantitative estimate of drug-likeness (QED) is 0.177. The lowest BCUT2D eigenvalue weighted by Crippen LogP contribution is -2.30. The molecule has 0 atom stereocenters. The van der Waals surface area contributed by atoms with E-state index >= 15 is 0 Å². The molecular formula is C51H36N2S. The van der Waals surface area contributed by atoms with Crippen LogP contribution in [0, 0.1) is 0 Å². The van der Waals surface area contributed by atoms with Crippen molar-refractivity contribution in [1.29, 1.82) is 0 Å². The molecule has 0 saturated heterocycles. The van der Waals surface area contributed by atoms with Crippen LogP contribution in [0.2, 0.25) is 0 Å². The minimum Gasteiger partial charge on any atom is -0.310 e. The van der Waals surface area contributed by atoms with Crippen molar-refractivity contribution in [3.8, 4) is 27.9 Å². The summed E-state index contributed by atoms with van der Waals surface area (Å²) in [5, 5.41) is 5.14. The van der Waals surface area contributed by atoms with Gasteiger partial charge in [-0.15, -0.1) is 11.3 Å². The standard InChI is InChI=1S/C51H36N2S/c1-51(2)43-18-10-12-20-47(43)53(38-24-28-50-42(32-38)41-30-34(23-27-49(41)54-50)33-13-5-3-6-14-33)48-26-22-36(31-44(48)51)35-21-25-46-40(29-35)39-17-9-11-19-45(39)52(46)37-15-7-4-8-16-37/h3-32H,1-2H3. The molecule has 0 amide bonds. The van der Waals surface area contributed by atoms with Gasteiger partial charge in [0.15, 0.2) is 0 Å². The van der Waals surface area contributed by atoms with Crippen LogP contribution in [0.4, 0.5) is 17.1 Å². The van der Waals surface area contributed by atoms with Gasteiger partial charge in [0, 0.05) is 47.7 Å². The minimum atomic E-state index is -0.199. The van der Waals surface area contributed by atoms with Crippen LogP contribution in [0.1, 0.15) is 25.0 Å². The second-order valence-corrected chi connectivity index (χ2v) is 16.1. The number of anilines is 3. The molecular weight excluding hydrogens is 673 g/mol. The number of nitrogens with zero attached hydrogens (tertiary/aromatic N) is 2. The summed E-state index contributed by atoms with van der Waals surface area (Å²) < 4.78 is 5.01. The normalized spacial score (nSPS) is 13.5. The van der Waals surface area contributed by atoms with Crippen LogP contribution in [0.3, 0.4) is 0 Å². The van der Waals surface area contributed by atoms with E-state index in [0.29, 0.717) is 0 Å². The molecule has 0 spiro atoms. The molecule has 11 rings (SSSR count). The molecule has 0 aliphatic carbocycles. The van der Waals surface area contributed by atoms with Crippen molar-refractivity contribution < 1.29 is 0 Å². The van der Waals surface area contributed by atoms with E-state index in [9.17, 15) is 0 Å². The zero-order valence-electron chi connectivity index (χ0n) is 30.1. The van der Waals surface area contributed by atoms with E-state index in [4.69, 9.17) is 0 Å². The van der Waals surface area contributed by atoms with Gasteiger partial charge in [-0.3, -0.25) is 0 Å². The van der Waals surface area contributed by atoms with Crippen LogP contribution >= 0.6 is 11.3 Å². The number of fused-ring (bicyclic) bond motifs is 8. The van der Waals surface area contributed by atoms with Gasteiger partial charge in [-0.25, -0.2) is 0 Å². The Morgan fingerprint density at radius 3 is 1.83 bits per heavy atom. The van der Waals surface area contributed by atoms with Gasteiger partial charge in [-0.2, -0.15) is 0 Å². The summed E-state index contributed by atoms with van der Waals surface area (Å²) in [6.45, 7) is 4.76. The fourth-order valence-corrected chi connectivity index (χ4v) is 9.95. The fraction of sp³-hybridized carbons (Fsp3) is 0.0588. The molecule has 1 aliphatic rings. The largest absolute Gasteiger partial charge is 0.310 e. The van der Waals surface area contributed by atoms with Crippen LogP contribution in [-0.4, -0.2) is 4.57 Å². The Bertz CT molecular complexity index is 3080. The van der Waals surface area contributed by atoms with E-state index in [2.05, 4.69) is 205 Å². The van der Waals surface area contributed by atoms with Gasteiger partial charge in [-0.1, -0.05) is 117 Å². The smallest absolute Gasteiger partial charge is 0.0541 e. The van der Waals surface area contributed by atoms with Gasteiger partial charge in [0.25, 0.3) is 0 Å². The van der Waals surface area contributed by atoms with Crippen molar-refractivity contribution >= 4 is 70.4 Å². The van der Waals surface area contributed by atoms with E-state index in [-0.39, 0.29) is 5.41 Å². The van der Waals surface area contributed by atoms with E-state index in [0.717, 1.165) is 0 Å². The first kappa shape index (κ1) is 31.1. The molecule has 0 fully saturated rings. The van der Waals surface area contributed by atoms with Gasteiger partial charge in [-0.05, 0) is 112 Å². The number of thiophene rings is 1. The number of hydrogen-bond acceptors (Lipinski definition) is 2. The van der Waals surface area contributed by atoms with Gasteiger partial charge in [0.05, 0.1) is 22.4 Å². The van der Waals surface area contributed by atoms with E-state index < -0.39 is 0 Å². The van der Waals surface area contributed by atoms with Crippen molar-refractivity contribution in [2.24, 2.45) is 0 Å². The lowest BCUT2D eigenvalue weighted by Gasteiger charge is -2.42. The predicted molar refractivity (Wildman–Crippen MR) is 231 cm³/mol. The maximum absolute atomic E-state index is 2.49. The van der Waals surface area contributed by atoms with Crippen LogP contribution in [0.25, 0.3) is 69.9 Å². The molecule has 2 aromatic heterocycles. The lowest BCUT2D eigenvalue weighted by molar-refractivity contribution is 0.632. The summed E-state index contributed by atoms with van der Waals surface area (Å²) in [5.41, 5.74) is 14.7. The Kier molecular flexibility index (Phi) is 6.80. The SMILES string of the molecule is CC1(C)c2ccccc2N(c2ccc3sc4ccc(-c5ccccc5)cc4c3c2)c2ccc(-c3ccc4c(c3)c3ccccc3n4-c3ccccc3)cc21. The summed E-state index contributed by atoms with van der Waals surface area (Å²) in [6, 6.07) is 67.1. The fourth-order valence-electron chi connectivity index (χ4n) is 8.88. The summed E-state index contributed by atoms with van der Waals surface area (Å²) in [7, 11) is 0. The average Bonchev–Trinajstić information content (AvgIpc) is 3.76. The van der Waals surface area contributed by atoms with Crippen molar-refractivity contribution in [3.05, 3.63) is 193 Å². The first-order valence-electron chi connectivity index (χ1n) is 18.7. The number of benzene rings is 8. The Labute approximate surface area is 318 Å². The van der Waals surface area contributed by atoms with E-state index in [1.165, 1.54) is 98.1 Å². The summed E-state index contributed by atoms with van der Waals surface area (Å²) in [4.78, 5) is 2.49. The third-order valence-electron chi connectivity index (χ3n) is 11.6. The molecule has 2 nitrogen and oxygen atoms in total. The molecule has 0 N–H and O–H groups in total. The molecule has 256 valence electrons. The minimum absolute atomic E-state index is 0.199. The number of rotatable bonds is 4. The highest BCUT2D eigenvalue weighted by Crippen LogP contribution is 2.53. The third-order valence-corrected chi connectivity index (χ3v) is 12.7. The van der Waals surface area contributed by atoms with Crippen LogP contribution in [0.5, 0.6) is 0 Å². The number of hydrogen-bond donors (Lipinski definition) is 0. The molecule has 1 aliphatic heterocycles. The molecule has 8 aromatic carbocycles. The first-order valence-corrected chi connectivity index (χ1v) is 19.5. The highest BCUT2D eigenvalue weighted by molar-refractivity contribution is 7.25. The zero-order chi connectivity index (χ0) is 36.0. The molecule has 0 saturated carbocycles. The van der Waals surface area contributed by atoms with Gasteiger partial charge in [0.1, 0.15) is 0 Å². The maximum atomic E-state index is 2.49. The van der Waals surface area contributed by atoms with Crippen molar-refractivity contribution in [2.45, 2.75) is 19.3 Å². The number of aromatic nitrogens is 1. The Hall–Kier alpha value is -6.42. The first-order chi connectivity index (χ1) is 26.5.